The maximum Gasteiger partial charge on any atom is 0.127 e. The molecule has 94 valence electrons. The van der Waals surface area contributed by atoms with Crippen LogP contribution in [-0.4, -0.2) is 15.3 Å². The molecule has 0 bridgehead atoms. The normalized spacial score (nSPS) is 10.6. The van der Waals surface area contributed by atoms with Gasteiger partial charge in [0.05, 0.1) is 0 Å². The molecule has 0 fully saturated rings. The van der Waals surface area contributed by atoms with Gasteiger partial charge in [0, 0.05) is 11.6 Å². The highest BCUT2D eigenvalue weighted by molar-refractivity contribution is 5.78. The Bertz CT molecular complexity index is 616. The number of aryl methyl sites for hydroxylation is 2. The van der Waals surface area contributed by atoms with E-state index in [0.717, 1.165) is 22.3 Å². The molecule has 0 aliphatic heterocycles. The molecule has 0 aliphatic carbocycles. The van der Waals surface area contributed by atoms with Gasteiger partial charge in [-0.25, -0.2) is 0 Å². The van der Waals surface area contributed by atoms with E-state index in [4.69, 9.17) is 0 Å². The highest BCUT2D eigenvalue weighted by Gasteiger charge is 2.15. The van der Waals surface area contributed by atoms with Crippen LogP contribution >= 0.6 is 0 Å². The number of hydrogen-bond acceptors (Lipinski definition) is 3. The molecule has 3 heteroatoms. The number of rotatable bonds is 1. The number of phenols is 3. The van der Waals surface area contributed by atoms with Crippen LogP contribution in [0.25, 0.3) is 11.1 Å². The fraction of sp³-hybridized carbons (Fsp3) is 0.200. The van der Waals surface area contributed by atoms with Gasteiger partial charge in [0.25, 0.3) is 0 Å². The van der Waals surface area contributed by atoms with Crippen molar-refractivity contribution in [3.05, 3.63) is 41.0 Å². The number of phenolic OH excluding ortho intramolecular Hbond substituents is 3. The van der Waals surface area contributed by atoms with Gasteiger partial charge in [-0.05, 0) is 55.2 Å². The topological polar surface area (TPSA) is 60.7 Å². The van der Waals surface area contributed by atoms with Crippen molar-refractivity contribution in [2.75, 3.05) is 0 Å². The molecular weight excluding hydrogens is 228 g/mol. The molecule has 0 aliphatic rings. The lowest BCUT2D eigenvalue weighted by Gasteiger charge is -2.15. The highest BCUT2D eigenvalue weighted by Crippen LogP contribution is 2.40. The van der Waals surface area contributed by atoms with E-state index in [9.17, 15) is 15.3 Å². The molecule has 3 nitrogen and oxygen atoms in total. The summed E-state index contributed by atoms with van der Waals surface area (Å²) >= 11 is 0. The summed E-state index contributed by atoms with van der Waals surface area (Å²) in [5.74, 6) is 0.260. The van der Waals surface area contributed by atoms with Crippen LogP contribution in [0.15, 0.2) is 24.3 Å². The molecule has 0 heterocycles. The van der Waals surface area contributed by atoms with E-state index in [1.165, 1.54) is 12.1 Å². The fourth-order valence-electron chi connectivity index (χ4n) is 2.32. The molecule has 0 radical (unpaired) electrons. The predicted octanol–water partition coefficient (Wildman–Crippen LogP) is 3.40. The SMILES string of the molecule is Cc1cc(C)c(-c2ccc(O)cc2O)c(C)c1O. The van der Waals surface area contributed by atoms with Crippen molar-refractivity contribution in [1.29, 1.82) is 0 Å². The standard InChI is InChI=1S/C15H16O3/c1-8-6-9(2)15(18)10(3)14(8)12-5-4-11(16)7-13(12)17/h4-7,16-18H,1-3H3. The second-order valence-corrected chi connectivity index (χ2v) is 4.56. The first-order chi connectivity index (χ1) is 8.41. The van der Waals surface area contributed by atoms with E-state index in [1.807, 2.05) is 26.8 Å². The van der Waals surface area contributed by atoms with Crippen molar-refractivity contribution < 1.29 is 15.3 Å². The van der Waals surface area contributed by atoms with Crippen molar-refractivity contribution in [1.82, 2.24) is 0 Å². The van der Waals surface area contributed by atoms with Gasteiger partial charge in [-0.2, -0.15) is 0 Å². The summed E-state index contributed by atoms with van der Waals surface area (Å²) in [4.78, 5) is 0. The summed E-state index contributed by atoms with van der Waals surface area (Å²) in [7, 11) is 0. The van der Waals surface area contributed by atoms with Crippen LogP contribution in [0, 0.1) is 20.8 Å². The summed E-state index contributed by atoms with van der Waals surface area (Å²) in [5, 5.41) is 29.2. The molecule has 0 saturated carbocycles. The fourth-order valence-corrected chi connectivity index (χ4v) is 2.32. The first-order valence-corrected chi connectivity index (χ1v) is 5.74. The van der Waals surface area contributed by atoms with Crippen molar-refractivity contribution in [3.8, 4) is 28.4 Å². The van der Waals surface area contributed by atoms with Crippen molar-refractivity contribution in [3.63, 3.8) is 0 Å². The van der Waals surface area contributed by atoms with E-state index >= 15 is 0 Å². The minimum absolute atomic E-state index is 0.00412. The predicted molar refractivity (Wildman–Crippen MR) is 71.1 cm³/mol. The maximum absolute atomic E-state index is 9.99. The van der Waals surface area contributed by atoms with Gasteiger partial charge in [0.2, 0.25) is 0 Å². The zero-order valence-corrected chi connectivity index (χ0v) is 10.7. The third-order valence-electron chi connectivity index (χ3n) is 3.18. The Morgan fingerprint density at radius 2 is 1.50 bits per heavy atom. The molecule has 2 aromatic carbocycles. The van der Waals surface area contributed by atoms with Crippen molar-refractivity contribution in [2.24, 2.45) is 0 Å². The third-order valence-corrected chi connectivity index (χ3v) is 3.18. The molecule has 0 amide bonds. The summed E-state index contributed by atoms with van der Waals surface area (Å²) in [6, 6.07) is 6.34. The molecular formula is C15H16O3. The molecule has 0 spiro atoms. The number of aromatic hydroxyl groups is 3. The molecule has 0 aromatic heterocycles. The highest BCUT2D eigenvalue weighted by atomic mass is 16.3. The number of hydrogen-bond donors (Lipinski definition) is 3. The second kappa shape index (κ2) is 4.26. The lowest BCUT2D eigenvalue weighted by molar-refractivity contribution is 0.451. The minimum Gasteiger partial charge on any atom is -0.508 e. The van der Waals surface area contributed by atoms with Crippen LogP contribution in [-0.2, 0) is 0 Å². The molecule has 2 aromatic rings. The summed E-state index contributed by atoms with van der Waals surface area (Å²) in [6.07, 6.45) is 0. The molecule has 3 N–H and O–H groups in total. The van der Waals surface area contributed by atoms with E-state index in [-0.39, 0.29) is 17.2 Å². The van der Waals surface area contributed by atoms with Crippen molar-refractivity contribution >= 4 is 0 Å². The Kier molecular flexibility index (Phi) is 2.91. The van der Waals surface area contributed by atoms with Gasteiger partial charge >= 0.3 is 0 Å². The van der Waals surface area contributed by atoms with Crippen LogP contribution in [0.5, 0.6) is 17.2 Å². The van der Waals surface area contributed by atoms with Crippen LogP contribution in [0.3, 0.4) is 0 Å². The minimum atomic E-state index is 0.00412. The molecule has 0 unspecified atom stereocenters. The van der Waals surface area contributed by atoms with E-state index < -0.39 is 0 Å². The molecule has 2 rings (SSSR count). The Balaban J connectivity index is 2.75. The second-order valence-electron chi connectivity index (χ2n) is 4.56. The van der Waals surface area contributed by atoms with Crippen LogP contribution in [0.4, 0.5) is 0 Å². The van der Waals surface area contributed by atoms with Crippen LogP contribution in [0.2, 0.25) is 0 Å². The smallest absolute Gasteiger partial charge is 0.127 e. The van der Waals surface area contributed by atoms with Crippen LogP contribution in [0.1, 0.15) is 16.7 Å². The lowest BCUT2D eigenvalue weighted by Crippen LogP contribution is -1.92. The van der Waals surface area contributed by atoms with Gasteiger partial charge < -0.3 is 15.3 Å². The first kappa shape index (κ1) is 12.3. The quantitative estimate of drug-likeness (QED) is 0.720. The summed E-state index contributed by atoms with van der Waals surface area (Å²) in [5.41, 5.74) is 3.93. The molecule has 0 atom stereocenters. The van der Waals surface area contributed by atoms with E-state index in [1.54, 1.807) is 6.07 Å². The van der Waals surface area contributed by atoms with Gasteiger partial charge in [0.15, 0.2) is 0 Å². The van der Waals surface area contributed by atoms with Gasteiger partial charge in [-0.1, -0.05) is 6.07 Å². The zero-order chi connectivity index (χ0) is 13.4. The average Bonchev–Trinajstić information content (AvgIpc) is 2.29. The summed E-state index contributed by atoms with van der Waals surface area (Å²) < 4.78 is 0. The monoisotopic (exact) mass is 244 g/mol. The molecule has 18 heavy (non-hydrogen) atoms. The van der Waals surface area contributed by atoms with Crippen molar-refractivity contribution in [2.45, 2.75) is 20.8 Å². The maximum atomic E-state index is 9.99. The van der Waals surface area contributed by atoms with E-state index in [0.29, 0.717) is 5.56 Å². The Labute approximate surface area is 106 Å². The Morgan fingerprint density at radius 3 is 2.11 bits per heavy atom. The lowest BCUT2D eigenvalue weighted by atomic mass is 9.92. The Hall–Kier alpha value is -2.16. The van der Waals surface area contributed by atoms with Gasteiger partial charge in [-0.3, -0.25) is 0 Å². The third kappa shape index (κ3) is 1.88. The number of benzene rings is 2. The van der Waals surface area contributed by atoms with Gasteiger partial charge in [-0.15, -0.1) is 0 Å². The largest absolute Gasteiger partial charge is 0.508 e. The first-order valence-electron chi connectivity index (χ1n) is 5.74. The van der Waals surface area contributed by atoms with E-state index in [2.05, 4.69) is 0 Å². The zero-order valence-electron chi connectivity index (χ0n) is 10.7. The average molecular weight is 244 g/mol. The van der Waals surface area contributed by atoms with Crippen LogP contribution < -0.4 is 0 Å². The Morgan fingerprint density at radius 1 is 0.833 bits per heavy atom. The summed E-state index contributed by atoms with van der Waals surface area (Å²) in [6.45, 7) is 5.59. The van der Waals surface area contributed by atoms with Gasteiger partial charge in [0.1, 0.15) is 17.2 Å². The molecule has 0 saturated heterocycles.